The van der Waals surface area contributed by atoms with Crippen LogP contribution in [0.2, 0.25) is 0 Å². The van der Waals surface area contributed by atoms with E-state index in [1.807, 2.05) is 0 Å². The van der Waals surface area contributed by atoms with E-state index in [1.54, 1.807) is 0 Å². The fourth-order valence-electron chi connectivity index (χ4n) is 2.63. The van der Waals surface area contributed by atoms with E-state index < -0.39 is 0 Å². The van der Waals surface area contributed by atoms with E-state index in [0.717, 1.165) is 18.5 Å². The van der Waals surface area contributed by atoms with Crippen LogP contribution in [0.3, 0.4) is 0 Å². The molecule has 2 rings (SSSR count). The number of nitrogens with one attached hydrogen (secondary N) is 1. The summed E-state index contributed by atoms with van der Waals surface area (Å²) in [6.07, 6.45) is 2.69. The standard InChI is InChI=1S/C14H21N/c1-4-15-14-6-5-13(14)12-8-10(2)7-11(3)9-12/h7-9,13-15H,4-6H2,1-3H3/t13-,14-/m0/s1. The molecule has 0 amide bonds. The van der Waals surface area contributed by atoms with Gasteiger partial charge in [0, 0.05) is 6.04 Å². The SMILES string of the molecule is CCN[C@H]1CC[C@H]1c1cc(C)cc(C)c1. The quantitative estimate of drug-likeness (QED) is 0.795. The second-order valence-electron chi connectivity index (χ2n) is 4.77. The van der Waals surface area contributed by atoms with Crippen molar-refractivity contribution >= 4 is 0 Å². The minimum absolute atomic E-state index is 0.719. The number of rotatable bonds is 3. The van der Waals surface area contributed by atoms with Gasteiger partial charge in [0.1, 0.15) is 0 Å². The van der Waals surface area contributed by atoms with E-state index in [2.05, 4.69) is 44.3 Å². The highest BCUT2D eigenvalue weighted by Crippen LogP contribution is 2.37. The van der Waals surface area contributed by atoms with Crippen molar-refractivity contribution in [3.05, 3.63) is 34.9 Å². The van der Waals surface area contributed by atoms with Crippen LogP contribution in [0.1, 0.15) is 42.4 Å². The summed E-state index contributed by atoms with van der Waals surface area (Å²) in [7, 11) is 0. The average Bonchev–Trinajstić information content (AvgIpc) is 2.10. The molecule has 1 saturated carbocycles. The lowest BCUT2D eigenvalue weighted by Crippen LogP contribution is -2.42. The van der Waals surface area contributed by atoms with Crippen LogP contribution in [0.5, 0.6) is 0 Å². The third kappa shape index (κ3) is 2.23. The van der Waals surface area contributed by atoms with Crippen molar-refractivity contribution in [1.82, 2.24) is 5.32 Å². The molecule has 0 radical (unpaired) electrons. The van der Waals surface area contributed by atoms with Crippen molar-refractivity contribution < 1.29 is 0 Å². The Hall–Kier alpha value is -0.820. The van der Waals surface area contributed by atoms with E-state index >= 15 is 0 Å². The first kappa shape index (κ1) is 10.7. The minimum atomic E-state index is 0.719. The Kier molecular flexibility index (Phi) is 3.11. The Morgan fingerprint density at radius 3 is 2.27 bits per heavy atom. The maximum atomic E-state index is 3.57. The summed E-state index contributed by atoms with van der Waals surface area (Å²) in [5.41, 5.74) is 4.32. The summed E-state index contributed by atoms with van der Waals surface area (Å²) in [6.45, 7) is 7.66. The molecule has 0 spiro atoms. The number of likely N-dealkylation sites (N-methyl/N-ethyl adjacent to an activating group) is 1. The highest BCUT2D eigenvalue weighted by molar-refractivity contribution is 5.33. The molecule has 15 heavy (non-hydrogen) atoms. The molecule has 1 aromatic carbocycles. The highest BCUT2D eigenvalue weighted by atomic mass is 14.9. The summed E-state index contributed by atoms with van der Waals surface area (Å²) < 4.78 is 0. The third-order valence-corrected chi connectivity index (χ3v) is 3.41. The third-order valence-electron chi connectivity index (χ3n) is 3.41. The number of hydrogen-bond acceptors (Lipinski definition) is 1. The van der Waals surface area contributed by atoms with Gasteiger partial charge in [-0.2, -0.15) is 0 Å². The largest absolute Gasteiger partial charge is 0.314 e. The first-order chi connectivity index (χ1) is 7.20. The zero-order valence-electron chi connectivity index (χ0n) is 10.0. The maximum absolute atomic E-state index is 3.57. The van der Waals surface area contributed by atoms with Crippen molar-refractivity contribution in [2.75, 3.05) is 6.54 Å². The molecule has 0 saturated heterocycles. The molecule has 2 atom stereocenters. The molecule has 1 aliphatic carbocycles. The topological polar surface area (TPSA) is 12.0 Å². The predicted octanol–water partition coefficient (Wildman–Crippen LogP) is 3.16. The van der Waals surface area contributed by atoms with Gasteiger partial charge in [-0.25, -0.2) is 0 Å². The number of hydrogen-bond donors (Lipinski definition) is 1. The van der Waals surface area contributed by atoms with Gasteiger partial charge in [-0.15, -0.1) is 0 Å². The normalized spacial score (nSPS) is 25.0. The Balaban J connectivity index is 2.15. The van der Waals surface area contributed by atoms with Crippen molar-refractivity contribution in [2.24, 2.45) is 0 Å². The van der Waals surface area contributed by atoms with Gasteiger partial charge in [0.05, 0.1) is 0 Å². The molecule has 0 unspecified atom stereocenters. The molecule has 0 heterocycles. The average molecular weight is 203 g/mol. The van der Waals surface area contributed by atoms with Crippen LogP contribution in [0.15, 0.2) is 18.2 Å². The summed E-state index contributed by atoms with van der Waals surface area (Å²) in [6, 6.07) is 7.67. The molecule has 82 valence electrons. The second kappa shape index (κ2) is 4.36. The molecule has 1 nitrogen and oxygen atoms in total. The van der Waals surface area contributed by atoms with Crippen molar-refractivity contribution in [3.8, 4) is 0 Å². The predicted molar refractivity (Wildman–Crippen MR) is 65.4 cm³/mol. The maximum Gasteiger partial charge on any atom is 0.0136 e. The van der Waals surface area contributed by atoms with Crippen LogP contribution in [0, 0.1) is 13.8 Å². The Morgan fingerprint density at radius 1 is 1.13 bits per heavy atom. The summed E-state index contributed by atoms with van der Waals surface area (Å²) in [5, 5.41) is 3.57. The molecular weight excluding hydrogens is 182 g/mol. The van der Waals surface area contributed by atoms with Gasteiger partial charge in [-0.3, -0.25) is 0 Å². The van der Waals surface area contributed by atoms with Gasteiger partial charge in [0.25, 0.3) is 0 Å². The van der Waals surface area contributed by atoms with E-state index in [4.69, 9.17) is 0 Å². The van der Waals surface area contributed by atoms with Gasteiger partial charge in [0.2, 0.25) is 0 Å². The molecule has 1 N–H and O–H groups in total. The number of aryl methyl sites for hydroxylation is 2. The van der Waals surface area contributed by atoms with E-state index in [9.17, 15) is 0 Å². The van der Waals surface area contributed by atoms with Gasteiger partial charge in [-0.1, -0.05) is 36.2 Å². The van der Waals surface area contributed by atoms with Crippen molar-refractivity contribution in [3.63, 3.8) is 0 Å². The molecule has 1 aliphatic rings. The van der Waals surface area contributed by atoms with Gasteiger partial charge >= 0.3 is 0 Å². The fourth-order valence-corrected chi connectivity index (χ4v) is 2.63. The molecule has 0 aromatic heterocycles. The second-order valence-corrected chi connectivity index (χ2v) is 4.77. The van der Waals surface area contributed by atoms with Crippen LogP contribution >= 0.6 is 0 Å². The molecular formula is C14H21N. The lowest BCUT2D eigenvalue weighted by Gasteiger charge is -2.38. The number of benzene rings is 1. The van der Waals surface area contributed by atoms with Gasteiger partial charge in [-0.05, 0) is 44.7 Å². The first-order valence-electron chi connectivity index (χ1n) is 6.02. The summed E-state index contributed by atoms with van der Waals surface area (Å²) in [5.74, 6) is 0.753. The van der Waals surface area contributed by atoms with Crippen LogP contribution in [0.25, 0.3) is 0 Å². The minimum Gasteiger partial charge on any atom is -0.314 e. The highest BCUT2D eigenvalue weighted by Gasteiger charge is 2.31. The lowest BCUT2D eigenvalue weighted by atomic mass is 9.74. The van der Waals surface area contributed by atoms with Crippen LogP contribution in [-0.2, 0) is 0 Å². The van der Waals surface area contributed by atoms with E-state index in [0.29, 0.717) is 0 Å². The molecule has 1 heteroatoms. The van der Waals surface area contributed by atoms with Crippen LogP contribution < -0.4 is 5.32 Å². The van der Waals surface area contributed by atoms with Crippen molar-refractivity contribution in [2.45, 2.75) is 45.6 Å². The molecule has 0 aliphatic heterocycles. The van der Waals surface area contributed by atoms with Crippen molar-refractivity contribution in [1.29, 1.82) is 0 Å². The van der Waals surface area contributed by atoms with Crippen LogP contribution in [-0.4, -0.2) is 12.6 Å². The molecule has 0 bridgehead atoms. The summed E-state index contributed by atoms with van der Waals surface area (Å²) in [4.78, 5) is 0. The zero-order chi connectivity index (χ0) is 10.8. The van der Waals surface area contributed by atoms with E-state index in [1.165, 1.54) is 29.5 Å². The fraction of sp³-hybridized carbons (Fsp3) is 0.571. The molecule has 1 fully saturated rings. The summed E-state index contributed by atoms with van der Waals surface area (Å²) >= 11 is 0. The van der Waals surface area contributed by atoms with Crippen LogP contribution in [0.4, 0.5) is 0 Å². The Bertz CT molecular complexity index is 323. The monoisotopic (exact) mass is 203 g/mol. The van der Waals surface area contributed by atoms with E-state index in [-0.39, 0.29) is 0 Å². The Labute approximate surface area is 92.9 Å². The van der Waals surface area contributed by atoms with Gasteiger partial charge in [0.15, 0.2) is 0 Å². The lowest BCUT2D eigenvalue weighted by molar-refractivity contribution is 0.289. The smallest absolute Gasteiger partial charge is 0.0136 e. The molecule has 1 aromatic rings. The first-order valence-corrected chi connectivity index (χ1v) is 6.02. The zero-order valence-corrected chi connectivity index (χ0v) is 10.0. The van der Waals surface area contributed by atoms with Gasteiger partial charge < -0.3 is 5.32 Å². The Morgan fingerprint density at radius 2 is 1.80 bits per heavy atom.